The van der Waals surface area contributed by atoms with Gasteiger partial charge in [0.25, 0.3) is 5.91 Å². The lowest BCUT2D eigenvalue weighted by Gasteiger charge is -2.29. The second-order valence-corrected chi connectivity index (χ2v) is 5.52. The minimum Gasteiger partial charge on any atom is -0.352 e. The Bertz CT molecular complexity index is 505. The van der Waals surface area contributed by atoms with E-state index in [-0.39, 0.29) is 11.1 Å². The van der Waals surface area contributed by atoms with E-state index in [1.807, 2.05) is 0 Å². The van der Waals surface area contributed by atoms with Crippen LogP contribution in [-0.4, -0.2) is 25.5 Å². The van der Waals surface area contributed by atoms with E-state index in [4.69, 9.17) is 0 Å². The van der Waals surface area contributed by atoms with Gasteiger partial charge in [0.05, 0.1) is 5.56 Å². The molecule has 1 saturated heterocycles. The number of amides is 1. The van der Waals surface area contributed by atoms with Crippen molar-refractivity contribution in [2.45, 2.75) is 20.3 Å². The number of benzene rings is 1. The summed E-state index contributed by atoms with van der Waals surface area (Å²) in [7, 11) is 0. The van der Waals surface area contributed by atoms with Gasteiger partial charge in [0.15, 0.2) is 0 Å². The van der Waals surface area contributed by atoms with Crippen LogP contribution in [0.5, 0.6) is 0 Å². The van der Waals surface area contributed by atoms with Crippen molar-refractivity contribution in [1.29, 1.82) is 0 Å². The highest BCUT2D eigenvalue weighted by Gasteiger charge is 2.22. The first-order chi connectivity index (χ1) is 9.49. The van der Waals surface area contributed by atoms with E-state index in [2.05, 4.69) is 17.6 Å². The average Bonchev–Trinajstić information content (AvgIpc) is 2.41. The van der Waals surface area contributed by atoms with Gasteiger partial charge in [0, 0.05) is 12.6 Å². The van der Waals surface area contributed by atoms with Gasteiger partial charge < -0.3 is 10.6 Å². The molecule has 1 amide bonds. The molecule has 0 aliphatic carbocycles. The smallest absolute Gasteiger partial charge is 0.254 e. The molecule has 1 aromatic carbocycles. The van der Waals surface area contributed by atoms with Crippen molar-refractivity contribution in [2.24, 2.45) is 11.8 Å². The summed E-state index contributed by atoms with van der Waals surface area (Å²) in [6.07, 6.45) is 0.992. The maximum atomic E-state index is 13.6. The minimum atomic E-state index is -0.816. The van der Waals surface area contributed by atoms with Crippen LogP contribution in [-0.2, 0) is 0 Å². The van der Waals surface area contributed by atoms with Crippen LogP contribution in [0.1, 0.15) is 29.3 Å². The zero-order valence-corrected chi connectivity index (χ0v) is 11.8. The molecular weight excluding hydrogens is 262 g/mol. The maximum absolute atomic E-state index is 13.6. The first-order valence-corrected chi connectivity index (χ1v) is 6.93. The molecule has 20 heavy (non-hydrogen) atoms. The number of hydrogen-bond donors (Lipinski definition) is 2. The molecule has 1 heterocycles. The Kier molecular flexibility index (Phi) is 4.70. The quantitative estimate of drug-likeness (QED) is 0.893. The van der Waals surface area contributed by atoms with Crippen LogP contribution in [0.3, 0.4) is 0 Å². The Morgan fingerprint density at radius 3 is 2.85 bits per heavy atom. The van der Waals surface area contributed by atoms with Gasteiger partial charge in [-0.25, -0.2) is 8.78 Å². The SMILES string of the molecule is Cc1cc(C(=O)NCC2CCNCC2C)c(F)cc1F. The highest BCUT2D eigenvalue weighted by atomic mass is 19.1. The lowest BCUT2D eigenvalue weighted by molar-refractivity contribution is 0.0934. The zero-order chi connectivity index (χ0) is 14.7. The van der Waals surface area contributed by atoms with Crippen molar-refractivity contribution in [3.63, 3.8) is 0 Å². The summed E-state index contributed by atoms with van der Waals surface area (Å²) in [6.45, 7) is 6.04. The molecule has 1 aliphatic heterocycles. The highest BCUT2D eigenvalue weighted by Crippen LogP contribution is 2.18. The number of aryl methyl sites for hydroxylation is 1. The fourth-order valence-corrected chi connectivity index (χ4v) is 2.52. The Labute approximate surface area is 117 Å². The molecule has 0 spiro atoms. The molecule has 1 aliphatic rings. The average molecular weight is 282 g/mol. The van der Waals surface area contributed by atoms with Crippen molar-refractivity contribution in [2.75, 3.05) is 19.6 Å². The Balaban J connectivity index is 2.00. The lowest BCUT2D eigenvalue weighted by Crippen LogP contribution is -2.41. The second-order valence-electron chi connectivity index (χ2n) is 5.52. The summed E-state index contributed by atoms with van der Waals surface area (Å²) in [5, 5.41) is 6.05. The molecule has 5 heteroatoms. The maximum Gasteiger partial charge on any atom is 0.254 e. The Morgan fingerprint density at radius 1 is 1.40 bits per heavy atom. The lowest BCUT2D eigenvalue weighted by atomic mass is 9.88. The van der Waals surface area contributed by atoms with Crippen LogP contribution in [0, 0.1) is 30.4 Å². The number of hydrogen-bond acceptors (Lipinski definition) is 2. The molecule has 2 N–H and O–H groups in total. The summed E-state index contributed by atoms with van der Waals surface area (Å²) in [5.41, 5.74) is 0.178. The third-order valence-corrected chi connectivity index (χ3v) is 3.98. The number of rotatable bonds is 3. The van der Waals surface area contributed by atoms with Gasteiger partial charge in [-0.05, 0) is 49.9 Å². The highest BCUT2D eigenvalue weighted by molar-refractivity contribution is 5.94. The number of nitrogens with one attached hydrogen (secondary N) is 2. The number of carbonyl (C=O) groups excluding carboxylic acids is 1. The third kappa shape index (κ3) is 3.33. The van der Waals surface area contributed by atoms with Crippen molar-refractivity contribution in [1.82, 2.24) is 10.6 Å². The Morgan fingerprint density at radius 2 is 2.15 bits per heavy atom. The molecule has 0 radical (unpaired) electrons. The number of piperidine rings is 1. The van der Waals surface area contributed by atoms with E-state index in [1.54, 1.807) is 0 Å². The van der Waals surface area contributed by atoms with Crippen LogP contribution in [0.2, 0.25) is 0 Å². The van der Waals surface area contributed by atoms with Crippen molar-refractivity contribution >= 4 is 5.91 Å². The van der Waals surface area contributed by atoms with E-state index < -0.39 is 17.5 Å². The molecule has 1 fully saturated rings. The summed E-state index contributed by atoms with van der Waals surface area (Å²) < 4.78 is 26.8. The van der Waals surface area contributed by atoms with Crippen LogP contribution < -0.4 is 10.6 Å². The van der Waals surface area contributed by atoms with Crippen LogP contribution >= 0.6 is 0 Å². The predicted molar refractivity (Wildman–Crippen MR) is 73.6 cm³/mol. The summed E-state index contributed by atoms with van der Waals surface area (Å²) in [6, 6.07) is 2.02. The van der Waals surface area contributed by atoms with Gasteiger partial charge in [-0.15, -0.1) is 0 Å². The van der Waals surface area contributed by atoms with E-state index >= 15 is 0 Å². The topological polar surface area (TPSA) is 41.1 Å². The standard InChI is InChI=1S/C15H20F2N2O/c1-9-5-12(14(17)6-13(9)16)15(20)19-8-11-3-4-18-7-10(11)2/h5-6,10-11,18H,3-4,7-8H2,1-2H3,(H,19,20). The molecule has 2 rings (SSSR count). The minimum absolute atomic E-state index is 0.0921. The van der Waals surface area contributed by atoms with Gasteiger partial charge >= 0.3 is 0 Å². The van der Waals surface area contributed by atoms with Crippen molar-refractivity contribution in [3.05, 3.63) is 34.9 Å². The van der Waals surface area contributed by atoms with Gasteiger partial charge in [0.2, 0.25) is 0 Å². The predicted octanol–water partition coefficient (Wildman–Crippen LogP) is 2.25. The van der Waals surface area contributed by atoms with Gasteiger partial charge in [-0.1, -0.05) is 6.92 Å². The fraction of sp³-hybridized carbons (Fsp3) is 0.533. The monoisotopic (exact) mass is 282 g/mol. The molecule has 2 atom stereocenters. The van der Waals surface area contributed by atoms with E-state index in [9.17, 15) is 13.6 Å². The molecule has 2 unspecified atom stereocenters. The number of halogens is 2. The van der Waals surface area contributed by atoms with E-state index in [0.29, 0.717) is 18.4 Å². The number of carbonyl (C=O) groups is 1. The van der Waals surface area contributed by atoms with E-state index in [0.717, 1.165) is 25.6 Å². The summed E-state index contributed by atoms with van der Waals surface area (Å²) in [4.78, 5) is 12.0. The second kappa shape index (κ2) is 6.31. The van der Waals surface area contributed by atoms with Gasteiger partial charge in [-0.3, -0.25) is 4.79 Å². The van der Waals surface area contributed by atoms with Gasteiger partial charge in [-0.2, -0.15) is 0 Å². The van der Waals surface area contributed by atoms with Crippen molar-refractivity contribution in [3.8, 4) is 0 Å². The fourth-order valence-electron chi connectivity index (χ4n) is 2.52. The molecule has 0 bridgehead atoms. The van der Waals surface area contributed by atoms with Crippen LogP contribution in [0.15, 0.2) is 12.1 Å². The molecule has 110 valence electrons. The zero-order valence-electron chi connectivity index (χ0n) is 11.8. The Hall–Kier alpha value is -1.49. The first-order valence-electron chi connectivity index (χ1n) is 6.93. The summed E-state index contributed by atoms with van der Waals surface area (Å²) >= 11 is 0. The van der Waals surface area contributed by atoms with Gasteiger partial charge in [0.1, 0.15) is 11.6 Å². The van der Waals surface area contributed by atoms with Crippen LogP contribution in [0.25, 0.3) is 0 Å². The molecule has 0 saturated carbocycles. The molecule has 3 nitrogen and oxygen atoms in total. The molecule has 0 aromatic heterocycles. The normalized spacial score (nSPS) is 22.6. The van der Waals surface area contributed by atoms with E-state index in [1.165, 1.54) is 13.0 Å². The molecular formula is C15H20F2N2O. The summed E-state index contributed by atoms with van der Waals surface area (Å²) in [5.74, 6) is -1.06. The van der Waals surface area contributed by atoms with Crippen LogP contribution in [0.4, 0.5) is 8.78 Å². The first kappa shape index (κ1) is 14.9. The molecule has 1 aromatic rings. The third-order valence-electron chi connectivity index (χ3n) is 3.98. The largest absolute Gasteiger partial charge is 0.352 e. The van der Waals surface area contributed by atoms with Crippen molar-refractivity contribution < 1.29 is 13.6 Å².